The van der Waals surface area contributed by atoms with Gasteiger partial charge in [-0.3, -0.25) is 4.79 Å². The van der Waals surface area contributed by atoms with E-state index in [1.807, 2.05) is 25.1 Å². The van der Waals surface area contributed by atoms with E-state index in [-0.39, 0.29) is 5.91 Å². The van der Waals surface area contributed by atoms with E-state index < -0.39 is 0 Å². The van der Waals surface area contributed by atoms with Gasteiger partial charge in [0.2, 0.25) is 0 Å². The van der Waals surface area contributed by atoms with Crippen LogP contribution in [-0.2, 0) is 12.4 Å². The monoisotopic (exact) mass is 385 g/mol. The molecule has 0 saturated heterocycles. The van der Waals surface area contributed by atoms with Crippen LogP contribution in [0.2, 0.25) is 0 Å². The summed E-state index contributed by atoms with van der Waals surface area (Å²) in [6.07, 6.45) is 2.06. The van der Waals surface area contributed by atoms with Crippen LogP contribution >= 0.6 is 23.5 Å². The molecule has 0 fully saturated rings. The Morgan fingerprint density at radius 3 is 2.69 bits per heavy atom. The fraction of sp³-hybridized carbons (Fsp3) is 0.211. The maximum atomic E-state index is 12.4. The van der Waals surface area contributed by atoms with E-state index in [0.29, 0.717) is 17.9 Å². The van der Waals surface area contributed by atoms with Crippen molar-refractivity contribution in [1.82, 2.24) is 8.75 Å². The van der Waals surface area contributed by atoms with E-state index in [0.717, 1.165) is 22.8 Å². The minimum absolute atomic E-state index is 0.141. The number of rotatable bonds is 7. The van der Waals surface area contributed by atoms with Crippen molar-refractivity contribution >= 4 is 35.1 Å². The van der Waals surface area contributed by atoms with Crippen molar-refractivity contribution in [2.24, 2.45) is 0 Å². The Hall–Kier alpha value is -2.38. The third kappa shape index (κ3) is 4.83. The summed E-state index contributed by atoms with van der Waals surface area (Å²) in [7, 11) is 0. The van der Waals surface area contributed by atoms with Gasteiger partial charge in [0.15, 0.2) is 0 Å². The molecular formula is C19H19N3O2S2. The van der Waals surface area contributed by atoms with Crippen LogP contribution in [0, 0.1) is 6.92 Å². The minimum atomic E-state index is -0.141. The molecular weight excluding hydrogens is 366 g/mol. The number of aryl methyl sites for hydroxylation is 1. The highest BCUT2D eigenvalue weighted by atomic mass is 32.2. The molecule has 0 unspecified atom stereocenters. The number of benzene rings is 2. The van der Waals surface area contributed by atoms with Crippen LogP contribution in [-0.4, -0.2) is 20.9 Å². The molecule has 3 rings (SSSR count). The van der Waals surface area contributed by atoms with Crippen LogP contribution in [0.1, 0.15) is 27.3 Å². The van der Waals surface area contributed by atoms with Crippen molar-refractivity contribution in [3.05, 3.63) is 71.0 Å². The van der Waals surface area contributed by atoms with Crippen molar-refractivity contribution in [2.75, 3.05) is 11.6 Å². The number of nitrogens with one attached hydrogen (secondary N) is 1. The van der Waals surface area contributed by atoms with E-state index in [4.69, 9.17) is 4.74 Å². The maximum absolute atomic E-state index is 12.4. The summed E-state index contributed by atoms with van der Waals surface area (Å²) >= 11 is 2.93. The van der Waals surface area contributed by atoms with Crippen LogP contribution in [0.15, 0.2) is 48.5 Å². The Bertz CT molecular complexity index is 879. The summed E-state index contributed by atoms with van der Waals surface area (Å²) in [5.41, 5.74) is 4.29. The van der Waals surface area contributed by atoms with E-state index in [1.165, 1.54) is 17.3 Å². The second-order valence-electron chi connectivity index (χ2n) is 5.70. The van der Waals surface area contributed by atoms with E-state index in [9.17, 15) is 4.79 Å². The van der Waals surface area contributed by atoms with Gasteiger partial charge in [0.05, 0.1) is 17.4 Å². The van der Waals surface area contributed by atoms with Gasteiger partial charge in [-0.2, -0.15) is 20.5 Å². The number of hydrogen-bond acceptors (Lipinski definition) is 6. The zero-order chi connectivity index (χ0) is 18.4. The van der Waals surface area contributed by atoms with Crippen molar-refractivity contribution in [3.63, 3.8) is 0 Å². The summed E-state index contributed by atoms with van der Waals surface area (Å²) < 4.78 is 14.0. The lowest BCUT2D eigenvalue weighted by molar-refractivity contribution is 0.102. The van der Waals surface area contributed by atoms with Gasteiger partial charge in [0.25, 0.3) is 5.91 Å². The predicted octanol–water partition coefficient (Wildman–Crippen LogP) is 4.54. The predicted molar refractivity (Wildman–Crippen MR) is 107 cm³/mol. The molecule has 0 aliphatic rings. The normalized spacial score (nSPS) is 10.5. The van der Waals surface area contributed by atoms with Crippen molar-refractivity contribution in [3.8, 4) is 5.75 Å². The molecule has 7 heteroatoms. The first kappa shape index (κ1) is 18.4. The first-order chi connectivity index (χ1) is 12.7. The lowest BCUT2D eigenvalue weighted by Crippen LogP contribution is -2.11. The molecule has 1 aromatic heterocycles. The quantitative estimate of drug-likeness (QED) is 0.647. The van der Waals surface area contributed by atoms with Gasteiger partial charge < -0.3 is 10.1 Å². The summed E-state index contributed by atoms with van der Waals surface area (Å²) in [6.45, 7) is 2.28. The Kier molecular flexibility index (Phi) is 6.25. The van der Waals surface area contributed by atoms with Crippen molar-refractivity contribution < 1.29 is 9.53 Å². The molecule has 5 nitrogen and oxygen atoms in total. The molecule has 26 heavy (non-hydrogen) atoms. The van der Waals surface area contributed by atoms with Crippen LogP contribution in [0.3, 0.4) is 0 Å². The number of nitrogens with zero attached hydrogens (tertiary/aromatic N) is 2. The van der Waals surface area contributed by atoms with Crippen molar-refractivity contribution in [1.29, 1.82) is 0 Å². The lowest BCUT2D eigenvalue weighted by atomic mass is 10.2. The Morgan fingerprint density at radius 1 is 1.19 bits per heavy atom. The fourth-order valence-electron chi connectivity index (χ4n) is 2.34. The highest BCUT2D eigenvalue weighted by Crippen LogP contribution is 2.18. The lowest BCUT2D eigenvalue weighted by Gasteiger charge is -2.08. The number of aromatic nitrogens is 2. The van der Waals surface area contributed by atoms with Gasteiger partial charge in [-0.15, -0.1) is 0 Å². The average molecular weight is 386 g/mol. The third-order valence-electron chi connectivity index (χ3n) is 3.73. The average Bonchev–Trinajstić information content (AvgIpc) is 3.06. The Morgan fingerprint density at radius 2 is 2.00 bits per heavy atom. The Balaban J connectivity index is 1.60. The second-order valence-corrected chi connectivity index (χ2v) is 7.09. The van der Waals surface area contributed by atoms with Gasteiger partial charge >= 0.3 is 0 Å². The Labute approximate surface area is 161 Å². The van der Waals surface area contributed by atoms with Gasteiger partial charge in [-0.25, -0.2) is 0 Å². The molecule has 134 valence electrons. The third-order valence-corrected chi connectivity index (χ3v) is 5.01. The summed E-state index contributed by atoms with van der Waals surface area (Å²) in [4.78, 5) is 12.4. The van der Waals surface area contributed by atoms with Crippen LogP contribution < -0.4 is 10.1 Å². The highest BCUT2D eigenvalue weighted by molar-refractivity contribution is 7.97. The largest absolute Gasteiger partial charge is 0.487 e. The molecule has 0 saturated carbocycles. The standard InChI is InChI=1S/C19H19N3O2S2/c1-13-18(22-26-21-13)11-24-17-8-6-15(7-9-17)19(23)20-16-5-3-4-14(10-16)12-25-2/h3-10H,11-12H2,1-2H3,(H,20,23). The summed E-state index contributed by atoms with van der Waals surface area (Å²) in [6, 6.07) is 15.0. The molecule has 2 aromatic carbocycles. The first-order valence-electron chi connectivity index (χ1n) is 8.06. The maximum Gasteiger partial charge on any atom is 0.255 e. The topological polar surface area (TPSA) is 64.1 Å². The molecule has 0 bridgehead atoms. The van der Waals surface area contributed by atoms with Crippen LogP contribution in [0.5, 0.6) is 5.75 Å². The molecule has 0 aliphatic heterocycles. The molecule has 1 N–H and O–H groups in total. The summed E-state index contributed by atoms with van der Waals surface area (Å²) in [5.74, 6) is 1.47. The summed E-state index contributed by atoms with van der Waals surface area (Å²) in [5, 5.41) is 2.93. The number of amides is 1. The first-order valence-corrected chi connectivity index (χ1v) is 10.2. The van der Waals surface area contributed by atoms with E-state index in [2.05, 4.69) is 26.4 Å². The van der Waals surface area contributed by atoms with Gasteiger partial charge in [-0.05, 0) is 55.1 Å². The second kappa shape index (κ2) is 8.82. The molecule has 0 spiro atoms. The van der Waals surface area contributed by atoms with Gasteiger partial charge in [0.1, 0.15) is 18.1 Å². The fourth-order valence-corrected chi connectivity index (χ4v) is 3.41. The molecule has 1 amide bonds. The molecule has 0 atom stereocenters. The SMILES string of the molecule is CSCc1cccc(NC(=O)c2ccc(OCc3nsnc3C)cc2)c1. The van der Waals surface area contributed by atoms with E-state index in [1.54, 1.807) is 36.0 Å². The minimum Gasteiger partial charge on any atom is -0.487 e. The smallest absolute Gasteiger partial charge is 0.255 e. The number of carbonyl (C=O) groups excluding carboxylic acids is 1. The number of anilines is 1. The highest BCUT2D eigenvalue weighted by Gasteiger charge is 2.08. The zero-order valence-electron chi connectivity index (χ0n) is 14.6. The number of carbonyl (C=O) groups is 1. The zero-order valence-corrected chi connectivity index (χ0v) is 16.2. The molecule has 0 aliphatic carbocycles. The molecule has 0 radical (unpaired) electrons. The van der Waals surface area contributed by atoms with Crippen LogP contribution in [0.25, 0.3) is 0 Å². The molecule has 3 aromatic rings. The number of hydrogen-bond donors (Lipinski definition) is 1. The van der Waals surface area contributed by atoms with Crippen molar-refractivity contribution in [2.45, 2.75) is 19.3 Å². The van der Waals surface area contributed by atoms with E-state index >= 15 is 0 Å². The van der Waals surface area contributed by atoms with Gasteiger partial charge in [0, 0.05) is 17.0 Å². The number of ether oxygens (including phenoxy) is 1. The number of thioether (sulfide) groups is 1. The van der Waals surface area contributed by atoms with Crippen LogP contribution in [0.4, 0.5) is 5.69 Å². The van der Waals surface area contributed by atoms with Gasteiger partial charge in [-0.1, -0.05) is 12.1 Å². The molecule has 1 heterocycles.